The van der Waals surface area contributed by atoms with Crippen LogP contribution in [0.15, 0.2) is 41.3 Å². The molecule has 2 heterocycles. The number of piperazine rings is 1. The Morgan fingerprint density at radius 2 is 1.73 bits per heavy atom. The summed E-state index contributed by atoms with van der Waals surface area (Å²) in [5.74, 6) is 0.0730. The molecule has 5 N–H and O–H groups in total. The maximum absolute atomic E-state index is 14.0. The number of aromatic nitrogens is 1. The quantitative estimate of drug-likeness (QED) is 0.232. The smallest absolute Gasteiger partial charge is 0.243 e. The van der Waals surface area contributed by atoms with Crippen molar-refractivity contribution in [1.29, 1.82) is 0 Å². The summed E-state index contributed by atoms with van der Waals surface area (Å²) in [5, 5.41) is 1.11. The van der Waals surface area contributed by atoms with Gasteiger partial charge in [-0.1, -0.05) is 54.6 Å². The fraction of sp³-hybridized carbons (Fsp3) is 0.500. The number of sulfonamides is 1. The number of fused-ring (bicyclic) bond motifs is 1. The summed E-state index contributed by atoms with van der Waals surface area (Å²) in [6.07, 6.45) is 4.22. The topological polar surface area (TPSA) is 161 Å². The molecule has 0 spiro atoms. The molecule has 5 rings (SSSR count). The van der Waals surface area contributed by atoms with Gasteiger partial charge < -0.3 is 26.0 Å². The largest absolute Gasteiger partial charge is 0.487 e. The molecule has 48 heavy (non-hydrogen) atoms. The number of rotatable bonds is 12. The minimum atomic E-state index is -4.28. The van der Waals surface area contributed by atoms with Crippen molar-refractivity contribution in [2.45, 2.75) is 81.9 Å². The van der Waals surface area contributed by atoms with Crippen LogP contribution in [0.5, 0.6) is 5.75 Å². The molecule has 2 fully saturated rings. The van der Waals surface area contributed by atoms with Gasteiger partial charge in [-0.3, -0.25) is 9.59 Å². The van der Waals surface area contributed by atoms with Crippen LogP contribution < -0.4 is 20.9 Å². The van der Waals surface area contributed by atoms with Crippen molar-refractivity contribution in [3.05, 3.63) is 63.3 Å². The Balaban J connectivity index is 1.31. The normalized spacial score (nSPS) is 17.1. The minimum Gasteiger partial charge on any atom is -0.487 e. The highest BCUT2D eigenvalue weighted by atomic mass is 35.5. The van der Waals surface area contributed by atoms with Crippen molar-refractivity contribution in [1.82, 2.24) is 19.5 Å². The van der Waals surface area contributed by atoms with Gasteiger partial charge in [-0.25, -0.2) is 13.4 Å². The maximum Gasteiger partial charge on any atom is 0.243 e. The molecule has 3 aromatic rings. The molecular weight excluding hydrogens is 675 g/mol. The van der Waals surface area contributed by atoms with E-state index in [1.54, 1.807) is 15.9 Å². The van der Waals surface area contributed by atoms with E-state index in [9.17, 15) is 18.0 Å². The average molecular weight is 720 g/mol. The Labute approximate surface area is 292 Å². The lowest BCUT2D eigenvalue weighted by atomic mass is 9.96. The lowest BCUT2D eigenvalue weighted by Gasteiger charge is -2.40. The van der Waals surface area contributed by atoms with Crippen LogP contribution in [0.2, 0.25) is 10.0 Å². The molecule has 0 radical (unpaired) electrons. The SMILES string of the molecule is Cc1cc(C)c2cccc(OCc3c(Cl)ccc(S(=O)(=O)NC4(C(=O)N5CCN(C(=O)C(N)CCCCN)CC5)CCCC4)c3Cl)c2n1. The molecule has 11 nitrogen and oxygen atoms in total. The molecule has 1 aromatic heterocycles. The fourth-order valence-electron chi connectivity index (χ4n) is 6.69. The van der Waals surface area contributed by atoms with E-state index in [-0.39, 0.29) is 46.5 Å². The zero-order valence-corrected chi connectivity index (χ0v) is 29.8. The number of pyridine rings is 1. The fourth-order valence-corrected chi connectivity index (χ4v) is 8.99. The van der Waals surface area contributed by atoms with Gasteiger partial charge in [-0.2, -0.15) is 4.72 Å². The minimum absolute atomic E-state index is 0.0777. The molecule has 1 atom stereocenters. The number of nitrogens with one attached hydrogen (secondary N) is 1. The molecule has 260 valence electrons. The number of hydrogen-bond donors (Lipinski definition) is 3. The third-order valence-electron chi connectivity index (χ3n) is 9.31. The molecule has 1 saturated carbocycles. The van der Waals surface area contributed by atoms with Crippen LogP contribution in [0, 0.1) is 13.8 Å². The summed E-state index contributed by atoms with van der Waals surface area (Å²) in [4.78, 5) is 34.7. The van der Waals surface area contributed by atoms with E-state index in [1.807, 2.05) is 32.0 Å². The predicted octanol–water partition coefficient (Wildman–Crippen LogP) is 4.46. The van der Waals surface area contributed by atoms with E-state index >= 15 is 0 Å². The van der Waals surface area contributed by atoms with Gasteiger partial charge in [-0.05, 0) is 75.9 Å². The number of ether oxygens (including phenoxy) is 1. The van der Waals surface area contributed by atoms with E-state index in [0.29, 0.717) is 68.6 Å². The Kier molecular flexibility index (Phi) is 11.5. The maximum atomic E-state index is 14.0. The molecule has 1 aliphatic carbocycles. The van der Waals surface area contributed by atoms with Crippen LogP contribution in [0.3, 0.4) is 0 Å². The molecule has 2 aliphatic rings. The molecule has 1 saturated heterocycles. The summed E-state index contributed by atoms with van der Waals surface area (Å²) in [6.45, 7) is 5.59. The highest BCUT2D eigenvalue weighted by Gasteiger charge is 2.47. The molecule has 1 unspecified atom stereocenters. The lowest BCUT2D eigenvalue weighted by molar-refractivity contribution is -0.144. The van der Waals surface area contributed by atoms with E-state index in [4.69, 9.17) is 39.4 Å². The van der Waals surface area contributed by atoms with Gasteiger partial charge in [-0.15, -0.1) is 0 Å². The Morgan fingerprint density at radius 3 is 2.42 bits per heavy atom. The van der Waals surface area contributed by atoms with Gasteiger partial charge in [0.25, 0.3) is 0 Å². The van der Waals surface area contributed by atoms with E-state index in [0.717, 1.165) is 29.5 Å². The van der Waals surface area contributed by atoms with Crippen molar-refractivity contribution in [2.24, 2.45) is 11.5 Å². The number of hydrogen-bond acceptors (Lipinski definition) is 8. The Hall–Kier alpha value is -3.00. The zero-order valence-electron chi connectivity index (χ0n) is 27.4. The highest BCUT2D eigenvalue weighted by molar-refractivity contribution is 7.89. The first-order valence-corrected chi connectivity index (χ1v) is 18.7. The number of carbonyl (C=O) groups is 2. The van der Waals surface area contributed by atoms with Crippen molar-refractivity contribution < 1.29 is 22.7 Å². The van der Waals surface area contributed by atoms with Gasteiger partial charge in [0.2, 0.25) is 21.8 Å². The van der Waals surface area contributed by atoms with Crippen molar-refractivity contribution in [3.8, 4) is 5.75 Å². The van der Waals surface area contributed by atoms with Crippen molar-refractivity contribution >= 4 is 55.9 Å². The summed E-state index contributed by atoms with van der Waals surface area (Å²) in [6, 6.07) is 9.82. The standard InChI is InChI=1S/C34H44Cl2N6O5S/c1-22-20-23(2)39-31-24(22)8-7-10-28(31)47-21-25-26(35)11-12-29(30(25)36)48(45,46)40-34(13-4-5-14-34)33(44)42-18-16-41(17-19-42)32(43)27(38)9-3-6-15-37/h7-8,10-12,20,27,40H,3-6,9,13-19,21,37-38H2,1-2H3. The molecule has 1 aliphatic heterocycles. The van der Waals surface area contributed by atoms with E-state index in [2.05, 4.69) is 9.71 Å². The Morgan fingerprint density at radius 1 is 1.04 bits per heavy atom. The number of carbonyl (C=O) groups excluding carboxylic acids is 2. The Bertz CT molecular complexity index is 1780. The average Bonchev–Trinajstić information content (AvgIpc) is 3.53. The van der Waals surface area contributed by atoms with Gasteiger partial charge >= 0.3 is 0 Å². The third-order valence-corrected chi connectivity index (χ3v) is 11.8. The van der Waals surface area contributed by atoms with Gasteiger partial charge in [0, 0.05) is 47.8 Å². The highest BCUT2D eigenvalue weighted by Crippen LogP contribution is 2.37. The molecule has 0 bridgehead atoms. The first kappa shape index (κ1) is 36.3. The lowest BCUT2D eigenvalue weighted by Crippen LogP contribution is -2.62. The number of benzene rings is 2. The molecule has 14 heteroatoms. The summed E-state index contributed by atoms with van der Waals surface area (Å²) in [7, 11) is -4.28. The second-order valence-electron chi connectivity index (χ2n) is 12.8. The molecule has 2 aromatic carbocycles. The number of halogens is 2. The van der Waals surface area contributed by atoms with Crippen LogP contribution in [-0.4, -0.2) is 79.3 Å². The third kappa shape index (κ3) is 7.74. The van der Waals surface area contributed by atoms with Crippen LogP contribution in [0.1, 0.15) is 61.8 Å². The second kappa shape index (κ2) is 15.3. The number of aryl methyl sites for hydroxylation is 2. The van der Waals surface area contributed by atoms with Gasteiger partial charge in [0.1, 0.15) is 28.3 Å². The number of nitrogens with two attached hydrogens (primary N) is 2. The van der Waals surface area contributed by atoms with E-state index < -0.39 is 21.6 Å². The van der Waals surface area contributed by atoms with Gasteiger partial charge in [0.15, 0.2) is 0 Å². The van der Waals surface area contributed by atoms with Crippen LogP contribution in [-0.2, 0) is 26.2 Å². The van der Waals surface area contributed by atoms with Crippen molar-refractivity contribution in [2.75, 3.05) is 32.7 Å². The summed E-state index contributed by atoms with van der Waals surface area (Å²) >= 11 is 13.3. The predicted molar refractivity (Wildman–Crippen MR) is 188 cm³/mol. The number of nitrogens with zero attached hydrogens (tertiary/aromatic N) is 3. The summed E-state index contributed by atoms with van der Waals surface area (Å²) < 4.78 is 36.8. The van der Waals surface area contributed by atoms with Crippen LogP contribution in [0.4, 0.5) is 0 Å². The molecule has 2 amide bonds. The molecular formula is C34H44Cl2N6O5S. The van der Waals surface area contributed by atoms with E-state index in [1.165, 1.54) is 12.1 Å². The van der Waals surface area contributed by atoms with Gasteiger partial charge in [0.05, 0.1) is 11.1 Å². The first-order valence-electron chi connectivity index (χ1n) is 16.4. The first-order chi connectivity index (χ1) is 22.9. The van der Waals surface area contributed by atoms with Crippen LogP contribution in [0.25, 0.3) is 10.9 Å². The number of amides is 2. The van der Waals surface area contributed by atoms with Crippen LogP contribution >= 0.6 is 23.2 Å². The van der Waals surface area contributed by atoms with Crippen molar-refractivity contribution in [3.63, 3.8) is 0 Å². The number of para-hydroxylation sites is 1. The zero-order chi connectivity index (χ0) is 34.6. The monoisotopic (exact) mass is 718 g/mol. The summed E-state index contributed by atoms with van der Waals surface area (Å²) in [5.41, 5.74) is 13.2. The second-order valence-corrected chi connectivity index (χ2v) is 15.2. The number of unbranched alkanes of at least 4 members (excludes halogenated alkanes) is 1.